The highest BCUT2D eigenvalue weighted by atomic mass is 19.4. The van der Waals surface area contributed by atoms with Crippen molar-refractivity contribution in [2.24, 2.45) is 17.8 Å². The number of fused-ring (bicyclic) bond motifs is 1. The van der Waals surface area contributed by atoms with Gasteiger partial charge in [-0.2, -0.15) is 18.4 Å². The quantitative estimate of drug-likeness (QED) is 0.665. The van der Waals surface area contributed by atoms with Gasteiger partial charge in [-0.05, 0) is 6.92 Å². The molecule has 0 amide bonds. The first-order valence-electron chi connectivity index (χ1n) is 4.67. The Balaban J connectivity index is 1.99. The number of alkyl halides is 3. The van der Waals surface area contributed by atoms with Gasteiger partial charge in [0.05, 0.1) is 17.6 Å². The first kappa shape index (κ1) is 10.5. The van der Waals surface area contributed by atoms with Gasteiger partial charge in [-0.15, -0.1) is 0 Å². The molecule has 2 aliphatic carbocycles. The molecule has 2 nitrogen and oxygen atoms in total. The summed E-state index contributed by atoms with van der Waals surface area (Å²) in [6.45, 7) is 0.354. The third-order valence-corrected chi connectivity index (χ3v) is 3.08. The van der Waals surface area contributed by atoms with Crippen molar-refractivity contribution in [3.8, 4) is 6.07 Å². The van der Waals surface area contributed by atoms with Crippen LogP contribution >= 0.6 is 0 Å². The summed E-state index contributed by atoms with van der Waals surface area (Å²) in [5, 5.41) is 8.71. The van der Waals surface area contributed by atoms with E-state index >= 15 is 0 Å². The minimum absolute atomic E-state index is 0.0910. The Morgan fingerprint density at radius 3 is 2.67 bits per heavy atom. The average molecular weight is 217 g/mol. The van der Waals surface area contributed by atoms with E-state index in [0.717, 1.165) is 0 Å². The maximum Gasteiger partial charge on any atom is 0.411 e. The van der Waals surface area contributed by atoms with Crippen LogP contribution < -0.4 is 0 Å². The third kappa shape index (κ3) is 1.74. The van der Waals surface area contributed by atoms with Gasteiger partial charge in [-0.1, -0.05) is 12.2 Å². The van der Waals surface area contributed by atoms with Crippen molar-refractivity contribution in [3.05, 3.63) is 12.2 Å². The topological polar surface area (TPSA) is 33.0 Å². The molecule has 2 rings (SSSR count). The highest BCUT2D eigenvalue weighted by Gasteiger charge is 2.62. The summed E-state index contributed by atoms with van der Waals surface area (Å²) >= 11 is 0. The number of hydrogen-bond donors (Lipinski definition) is 0. The second-order valence-electron chi connectivity index (χ2n) is 4.20. The molecule has 0 spiro atoms. The lowest BCUT2D eigenvalue weighted by Crippen LogP contribution is -2.33. The summed E-state index contributed by atoms with van der Waals surface area (Å²) in [6.07, 6.45) is -0.886. The molecule has 0 bridgehead atoms. The van der Waals surface area contributed by atoms with Crippen molar-refractivity contribution >= 4 is 0 Å². The van der Waals surface area contributed by atoms with Crippen molar-refractivity contribution in [3.63, 3.8) is 0 Å². The fourth-order valence-electron chi connectivity index (χ4n) is 2.27. The number of ether oxygens (including phenoxy) is 1. The molecule has 5 heteroatoms. The minimum atomic E-state index is -4.31. The summed E-state index contributed by atoms with van der Waals surface area (Å²) in [7, 11) is 0. The van der Waals surface area contributed by atoms with Crippen molar-refractivity contribution in [1.82, 2.24) is 0 Å². The zero-order valence-electron chi connectivity index (χ0n) is 8.08. The largest absolute Gasteiger partial charge is 0.411 e. The standard InChI is InChI=1S/C10H10F3NO/c1-9(15-5-10(11,12)13)3-2-6-7(4-14)8(6)9/h2-3,6-8H,5H2,1H3/t6-,7+,8-,9+/m0/s1. The van der Waals surface area contributed by atoms with Gasteiger partial charge in [0.15, 0.2) is 0 Å². The maximum atomic E-state index is 12.0. The SMILES string of the molecule is C[C@@]1(OCC(F)(F)F)C=C[C@H]2[C@@H](C#N)[C@H]21. The zero-order chi connectivity index (χ0) is 11.3. The van der Waals surface area contributed by atoms with Gasteiger partial charge in [0.25, 0.3) is 0 Å². The molecule has 0 unspecified atom stereocenters. The van der Waals surface area contributed by atoms with Gasteiger partial charge in [0.2, 0.25) is 0 Å². The maximum absolute atomic E-state index is 12.0. The van der Waals surface area contributed by atoms with Crippen LogP contribution in [0.3, 0.4) is 0 Å². The smallest absolute Gasteiger partial charge is 0.361 e. The van der Waals surface area contributed by atoms with Crippen LogP contribution in [0.25, 0.3) is 0 Å². The van der Waals surface area contributed by atoms with Crippen LogP contribution in [0.4, 0.5) is 13.2 Å². The predicted octanol–water partition coefficient (Wildman–Crippen LogP) is 2.28. The number of nitriles is 1. The van der Waals surface area contributed by atoms with E-state index in [-0.39, 0.29) is 17.8 Å². The van der Waals surface area contributed by atoms with Gasteiger partial charge >= 0.3 is 6.18 Å². The van der Waals surface area contributed by atoms with Gasteiger partial charge in [0.1, 0.15) is 6.61 Å². The molecule has 0 heterocycles. The first-order chi connectivity index (χ1) is 6.87. The Bertz CT molecular complexity index is 344. The molecule has 0 radical (unpaired) electrons. The van der Waals surface area contributed by atoms with Gasteiger partial charge in [-0.25, -0.2) is 0 Å². The van der Waals surface area contributed by atoms with Gasteiger partial charge < -0.3 is 4.74 Å². The van der Waals surface area contributed by atoms with Crippen LogP contribution in [0.1, 0.15) is 6.92 Å². The molecule has 0 aromatic carbocycles. The monoisotopic (exact) mass is 217 g/mol. The molecule has 0 N–H and O–H groups in total. The van der Waals surface area contributed by atoms with E-state index in [9.17, 15) is 13.2 Å². The first-order valence-corrected chi connectivity index (χ1v) is 4.67. The number of nitrogens with zero attached hydrogens (tertiary/aromatic N) is 1. The zero-order valence-corrected chi connectivity index (χ0v) is 8.08. The number of allylic oxidation sites excluding steroid dienone is 1. The fourth-order valence-corrected chi connectivity index (χ4v) is 2.27. The Kier molecular flexibility index (Phi) is 2.09. The minimum Gasteiger partial charge on any atom is -0.361 e. The third-order valence-electron chi connectivity index (χ3n) is 3.08. The lowest BCUT2D eigenvalue weighted by Gasteiger charge is -2.25. The summed E-state index contributed by atoms with van der Waals surface area (Å²) in [5.41, 5.74) is -0.916. The van der Waals surface area contributed by atoms with Crippen LogP contribution in [-0.2, 0) is 4.74 Å². The van der Waals surface area contributed by atoms with E-state index in [1.807, 2.05) is 0 Å². The van der Waals surface area contributed by atoms with E-state index in [4.69, 9.17) is 10.00 Å². The Hall–Kier alpha value is -1.02. The summed E-state index contributed by atoms with van der Waals surface area (Å²) in [6, 6.07) is 2.08. The van der Waals surface area contributed by atoms with Gasteiger partial charge in [-0.3, -0.25) is 0 Å². The molecule has 4 atom stereocenters. The van der Waals surface area contributed by atoms with Crippen LogP contribution in [0.2, 0.25) is 0 Å². The highest BCUT2D eigenvalue weighted by molar-refractivity contribution is 5.32. The Morgan fingerprint density at radius 2 is 2.20 bits per heavy atom. The Morgan fingerprint density at radius 1 is 1.53 bits per heavy atom. The van der Waals surface area contributed by atoms with Crippen molar-refractivity contribution < 1.29 is 17.9 Å². The highest BCUT2D eigenvalue weighted by Crippen LogP contribution is 2.59. The fraction of sp³-hybridized carbons (Fsp3) is 0.700. The van der Waals surface area contributed by atoms with Gasteiger partial charge in [0, 0.05) is 11.8 Å². The number of halogens is 3. The van der Waals surface area contributed by atoms with E-state index in [2.05, 4.69) is 6.07 Å². The molecular formula is C10H10F3NO. The molecular weight excluding hydrogens is 207 g/mol. The summed E-state index contributed by atoms with van der Waals surface area (Å²) in [5.74, 6) is -0.175. The lowest BCUT2D eigenvalue weighted by atomic mass is 10.0. The Labute approximate surface area is 85.3 Å². The van der Waals surface area contributed by atoms with Crippen LogP contribution in [0.5, 0.6) is 0 Å². The summed E-state index contributed by atoms with van der Waals surface area (Å²) in [4.78, 5) is 0. The molecule has 1 fully saturated rings. The van der Waals surface area contributed by atoms with Crippen LogP contribution in [0.15, 0.2) is 12.2 Å². The molecule has 82 valence electrons. The predicted molar refractivity (Wildman–Crippen MR) is 45.6 cm³/mol. The number of rotatable bonds is 2. The van der Waals surface area contributed by atoms with E-state index in [1.54, 1.807) is 19.1 Å². The van der Waals surface area contributed by atoms with Crippen LogP contribution in [-0.4, -0.2) is 18.4 Å². The molecule has 0 aromatic heterocycles. The molecule has 15 heavy (non-hydrogen) atoms. The molecule has 2 aliphatic rings. The summed E-state index contributed by atoms with van der Waals surface area (Å²) < 4.78 is 40.8. The molecule has 0 aromatic rings. The number of hydrogen-bond acceptors (Lipinski definition) is 2. The average Bonchev–Trinajstić information content (AvgIpc) is 2.76. The second kappa shape index (κ2) is 2.99. The van der Waals surface area contributed by atoms with E-state index < -0.39 is 18.4 Å². The molecule has 1 saturated carbocycles. The molecule has 0 saturated heterocycles. The van der Waals surface area contributed by atoms with Crippen LogP contribution in [0, 0.1) is 29.1 Å². The van der Waals surface area contributed by atoms with Crippen molar-refractivity contribution in [2.75, 3.05) is 6.61 Å². The second-order valence-corrected chi connectivity index (χ2v) is 4.20. The van der Waals surface area contributed by atoms with Crippen molar-refractivity contribution in [1.29, 1.82) is 5.26 Å². The van der Waals surface area contributed by atoms with E-state index in [0.29, 0.717) is 0 Å². The van der Waals surface area contributed by atoms with E-state index in [1.165, 1.54) is 0 Å². The lowest BCUT2D eigenvalue weighted by molar-refractivity contribution is -0.197. The van der Waals surface area contributed by atoms with Crippen molar-refractivity contribution in [2.45, 2.75) is 18.7 Å². The molecule has 0 aliphatic heterocycles. The normalized spacial score (nSPS) is 42.5.